The Labute approximate surface area is 161 Å². The van der Waals surface area contributed by atoms with Gasteiger partial charge in [0, 0.05) is 19.6 Å². The van der Waals surface area contributed by atoms with E-state index >= 15 is 0 Å². The number of carbonyl (C=O) groups excluding carboxylic acids is 2. The van der Waals surface area contributed by atoms with Crippen molar-refractivity contribution in [3.63, 3.8) is 0 Å². The van der Waals surface area contributed by atoms with E-state index in [9.17, 15) is 9.59 Å². The molecule has 1 aliphatic rings. The fraction of sp³-hybridized carbons (Fsp3) is 0.455. The molecule has 1 heterocycles. The van der Waals surface area contributed by atoms with Gasteiger partial charge in [0.15, 0.2) is 0 Å². The minimum absolute atomic E-state index is 0.0283. The summed E-state index contributed by atoms with van der Waals surface area (Å²) in [6.07, 6.45) is 1.23. The summed E-state index contributed by atoms with van der Waals surface area (Å²) in [5.74, 6) is -0.0277. The van der Waals surface area contributed by atoms with Crippen molar-refractivity contribution in [3.05, 3.63) is 48.0 Å². The number of amides is 2. The first-order chi connectivity index (χ1) is 13.0. The van der Waals surface area contributed by atoms with E-state index in [1.54, 1.807) is 0 Å². The summed E-state index contributed by atoms with van der Waals surface area (Å²) >= 11 is 0. The van der Waals surface area contributed by atoms with Gasteiger partial charge >= 0.3 is 0 Å². The van der Waals surface area contributed by atoms with Crippen molar-refractivity contribution < 1.29 is 9.59 Å². The van der Waals surface area contributed by atoms with Gasteiger partial charge < -0.3 is 15.5 Å². The van der Waals surface area contributed by atoms with E-state index in [-0.39, 0.29) is 24.2 Å². The molecule has 1 unspecified atom stereocenters. The molecule has 3 rings (SSSR count). The highest BCUT2D eigenvalue weighted by Gasteiger charge is 2.28. The molecule has 1 fully saturated rings. The van der Waals surface area contributed by atoms with Crippen LogP contribution in [0, 0.1) is 5.92 Å². The normalized spacial score (nSPS) is 16.2. The number of carbonyl (C=O) groups is 2. The van der Waals surface area contributed by atoms with Gasteiger partial charge in [-0.15, -0.1) is 0 Å². The van der Waals surface area contributed by atoms with Gasteiger partial charge in [-0.1, -0.05) is 56.3 Å². The fourth-order valence-corrected chi connectivity index (χ4v) is 3.53. The SMILES string of the molecule is CC(C)C(NC(=O)Cc1ccc2ccccc2c1)C(=O)N1CCCNCC1. The third-order valence-corrected chi connectivity index (χ3v) is 5.08. The molecule has 0 radical (unpaired) electrons. The van der Waals surface area contributed by atoms with Crippen LogP contribution in [0.1, 0.15) is 25.8 Å². The minimum Gasteiger partial charge on any atom is -0.344 e. The number of nitrogens with zero attached hydrogens (tertiary/aromatic N) is 1. The molecule has 1 aliphatic heterocycles. The monoisotopic (exact) mass is 367 g/mol. The molecular weight excluding hydrogens is 338 g/mol. The highest BCUT2D eigenvalue weighted by Crippen LogP contribution is 2.16. The predicted octanol–water partition coefficient (Wildman–Crippen LogP) is 2.34. The van der Waals surface area contributed by atoms with E-state index < -0.39 is 6.04 Å². The van der Waals surface area contributed by atoms with E-state index in [2.05, 4.69) is 16.7 Å². The molecule has 0 aromatic heterocycles. The molecule has 0 aliphatic carbocycles. The number of nitrogens with one attached hydrogen (secondary N) is 2. The number of benzene rings is 2. The van der Waals surface area contributed by atoms with Gasteiger partial charge in [-0.25, -0.2) is 0 Å². The summed E-state index contributed by atoms with van der Waals surface area (Å²) in [5.41, 5.74) is 0.958. The van der Waals surface area contributed by atoms with Crippen LogP contribution in [0.4, 0.5) is 0 Å². The molecule has 5 nitrogen and oxygen atoms in total. The van der Waals surface area contributed by atoms with Gasteiger partial charge in [-0.2, -0.15) is 0 Å². The first-order valence-electron chi connectivity index (χ1n) is 9.81. The van der Waals surface area contributed by atoms with Gasteiger partial charge in [0.1, 0.15) is 6.04 Å². The molecular formula is C22H29N3O2. The lowest BCUT2D eigenvalue weighted by molar-refractivity contribution is -0.137. The molecule has 144 valence electrons. The lowest BCUT2D eigenvalue weighted by Gasteiger charge is -2.28. The van der Waals surface area contributed by atoms with Gasteiger partial charge in [0.25, 0.3) is 0 Å². The second-order valence-electron chi connectivity index (χ2n) is 7.58. The Morgan fingerprint density at radius 2 is 1.85 bits per heavy atom. The van der Waals surface area contributed by atoms with E-state index in [4.69, 9.17) is 0 Å². The van der Waals surface area contributed by atoms with Crippen LogP contribution in [0.2, 0.25) is 0 Å². The number of fused-ring (bicyclic) bond motifs is 1. The molecule has 0 spiro atoms. The van der Waals surface area contributed by atoms with Gasteiger partial charge in [0.2, 0.25) is 11.8 Å². The van der Waals surface area contributed by atoms with Crippen LogP contribution in [0.15, 0.2) is 42.5 Å². The number of hydrogen-bond donors (Lipinski definition) is 2. The zero-order valence-electron chi connectivity index (χ0n) is 16.2. The molecule has 0 bridgehead atoms. The topological polar surface area (TPSA) is 61.4 Å². The van der Waals surface area contributed by atoms with Gasteiger partial charge in [-0.3, -0.25) is 9.59 Å². The largest absolute Gasteiger partial charge is 0.344 e. The Hall–Kier alpha value is -2.40. The standard InChI is InChI=1S/C22H29N3O2/c1-16(2)21(22(27)25-12-5-10-23-11-13-25)24-20(26)15-17-8-9-18-6-3-4-7-19(18)14-17/h3-4,6-9,14,16,21,23H,5,10-13,15H2,1-2H3,(H,24,26). The summed E-state index contributed by atoms with van der Waals surface area (Å²) in [4.78, 5) is 27.4. The smallest absolute Gasteiger partial charge is 0.245 e. The van der Waals surface area contributed by atoms with Crippen LogP contribution in [0.3, 0.4) is 0 Å². The third kappa shape index (κ3) is 5.07. The van der Waals surface area contributed by atoms with Crippen LogP contribution in [-0.4, -0.2) is 48.9 Å². The second-order valence-corrected chi connectivity index (χ2v) is 7.58. The summed E-state index contributed by atoms with van der Waals surface area (Å²) in [7, 11) is 0. The summed E-state index contributed by atoms with van der Waals surface area (Å²) < 4.78 is 0. The average molecular weight is 367 g/mol. The van der Waals surface area contributed by atoms with Gasteiger partial charge in [0.05, 0.1) is 6.42 Å². The van der Waals surface area contributed by atoms with Crippen LogP contribution in [0.25, 0.3) is 10.8 Å². The first-order valence-corrected chi connectivity index (χ1v) is 9.81. The average Bonchev–Trinajstić information content (AvgIpc) is 2.95. The lowest BCUT2D eigenvalue weighted by atomic mass is 10.0. The molecule has 2 aromatic rings. The summed E-state index contributed by atoms with van der Waals surface area (Å²) in [5, 5.41) is 8.57. The summed E-state index contributed by atoms with van der Waals surface area (Å²) in [6.45, 7) is 7.15. The van der Waals surface area contributed by atoms with E-state index in [0.29, 0.717) is 6.54 Å². The zero-order chi connectivity index (χ0) is 19.2. The molecule has 2 N–H and O–H groups in total. The Morgan fingerprint density at radius 1 is 1.07 bits per heavy atom. The maximum absolute atomic E-state index is 12.9. The van der Waals surface area contributed by atoms with Crippen molar-refractivity contribution in [3.8, 4) is 0 Å². The first kappa shape index (κ1) is 19.4. The van der Waals surface area contributed by atoms with E-state index in [1.807, 2.05) is 55.1 Å². The quantitative estimate of drug-likeness (QED) is 0.853. The van der Waals surface area contributed by atoms with Crippen LogP contribution < -0.4 is 10.6 Å². The van der Waals surface area contributed by atoms with Crippen LogP contribution >= 0.6 is 0 Å². The molecule has 1 atom stereocenters. The van der Waals surface area contributed by atoms with E-state index in [1.165, 1.54) is 0 Å². The third-order valence-electron chi connectivity index (χ3n) is 5.08. The van der Waals surface area contributed by atoms with Crippen molar-refractivity contribution >= 4 is 22.6 Å². The van der Waals surface area contributed by atoms with Crippen LogP contribution in [-0.2, 0) is 16.0 Å². The molecule has 1 saturated heterocycles. The second kappa shape index (κ2) is 9.00. The maximum atomic E-state index is 12.9. The molecule has 27 heavy (non-hydrogen) atoms. The van der Waals surface area contributed by atoms with Crippen molar-refractivity contribution in [2.75, 3.05) is 26.2 Å². The van der Waals surface area contributed by atoms with Crippen molar-refractivity contribution in [1.82, 2.24) is 15.5 Å². The molecule has 2 amide bonds. The Kier molecular flexibility index (Phi) is 6.45. The van der Waals surface area contributed by atoms with E-state index in [0.717, 1.165) is 42.4 Å². The molecule has 2 aromatic carbocycles. The highest BCUT2D eigenvalue weighted by atomic mass is 16.2. The Morgan fingerprint density at radius 3 is 2.63 bits per heavy atom. The van der Waals surface area contributed by atoms with Crippen molar-refractivity contribution in [2.24, 2.45) is 5.92 Å². The predicted molar refractivity (Wildman–Crippen MR) is 108 cm³/mol. The highest BCUT2D eigenvalue weighted by molar-refractivity contribution is 5.89. The van der Waals surface area contributed by atoms with Crippen molar-refractivity contribution in [1.29, 1.82) is 0 Å². The zero-order valence-corrected chi connectivity index (χ0v) is 16.2. The molecule has 5 heteroatoms. The minimum atomic E-state index is -0.476. The maximum Gasteiger partial charge on any atom is 0.245 e. The Bertz CT molecular complexity index is 795. The lowest BCUT2D eigenvalue weighted by Crippen LogP contribution is -2.52. The van der Waals surface area contributed by atoms with Crippen molar-refractivity contribution in [2.45, 2.75) is 32.7 Å². The summed E-state index contributed by atoms with van der Waals surface area (Å²) in [6, 6.07) is 13.7. The fourth-order valence-electron chi connectivity index (χ4n) is 3.53. The number of rotatable bonds is 5. The van der Waals surface area contributed by atoms with Crippen LogP contribution in [0.5, 0.6) is 0 Å². The number of hydrogen-bond acceptors (Lipinski definition) is 3. The van der Waals surface area contributed by atoms with Gasteiger partial charge in [-0.05, 0) is 35.2 Å². The molecule has 0 saturated carbocycles. The Balaban J connectivity index is 1.66.